The average molecular weight is 730 g/mol. The summed E-state index contributed by atoms with van der Waals surface area (Å²) in [6.45, 7) is 2.39. The van der Waals surface area contributed by atoms with E-state index in [1.54, 1.807) is 0 Å². The molecule has 288 valence electrons. The van der Waals surface area contributed by atoms with Crippen molar-refractivity contribution in [2.24, 2.45) is 0 Å². The van der Waals surface area contributed by atoms with E-state index in [-0.39, 0.29) is 45.5 Å². The zero-order valence-corrected chi connectivity index (χ0v) is 29.2. The van der Waals surface area contributed by atoms with Gasteiger partial charge in [-0.15, -0.1) is 20.2 Å². The molecule has 3 atom stereocenters. The van der Waals surface area contributed by atoms with Crippen molar-refractivity contribution in [3.63, 3.8) is 0 Å². The summed E-state index contributed by atoms with van der Waals surface area (Å²) >= 11 is 0. The number of nitrogens with one attached hydrogen (secondary N) is 2. The first-order valence-electron chi connectivity index (χ1n) is 17.0. The molecule has 1 aliphatic rings. The van der Waals surface area contributed by atoms with Gasteiger partial charge in [0.1, 0.15) is 25.3 Å². The summed E-state index contributed by atoms with van der Waals surface area (Å²) in [5, 5.41) is 33.2. The maximum Gasteiger partial charge on any atom is 0.406 e. The van der Waals surface area contributed by atoms with Gasteiger partial charge in [0.2, 0.25) is 5.91 Å². The monoisotopic (exact) mass is 729 g/mol. The summed E-state index contributed by atoms with van der Waals surface area (Å²) in [7, 11) is 1.46. The molecule has 1 saturated heterocycles. The van der Waals surface area contributed by atoms with Gasteiger partial charge in [-0.05, 0) is 56.9 Å². The van der Waals surface area contributed by atoms with Crippen LogP contribution in [0.5, 0.6) is 0 Å². The average Bonchev–Trinajstić information content (AvgIpc) is 3.12. The Morgan fingerprint density at radius 2 is 1.55 bits per heavy atom. The minimum Gasteiger partial charge on any atom is -0.480 e. The number of carbonyl (C=O) groups excluding carboxylic acids is 3. The van der Waals surface area contributed by atoms with E-state index in [0.29, 0.717) is 45.1 Å². The topological polar surface area (TPSA) is 248 Å². The van der Waals surface area contributed by atoms with Crippen LogP contribution in [-0.2, 0) is 44.7 Å². The van der Waals surface area contributed by atoms with E-state index in [1.807, 2.05) is 37.3 Å². The summed E-state index contributed by atoms with van der Waals surface area (Å²) in [4.78, 5) is 78.4. The molecule has 0 aliphatic carbocycles. The van der Waals surface area contributed by atoms with Crippen LogP contribution in [0.1, 0.15) is 70.3 Å². The quantitative estimate of drug-likeness (QED) is 0.0599. The second-order valence-electron chi connectivity index (χ2n) is 11.3. The standard InChI is InChI=1S/C26H39N3O9.C6H12N2O5/c1-2-3-11-21(27-22(25(31)32)14-13-20-9-5-4-6-10-20)24(30)28-15-8-7-12-23(28)26(33)37-18-16-36-17-19-38-29(34)35;1-7-6(9)12-4-2-3-5-13-8(10)11/h4-6,9-10,21-23,27H,2-3,7-8,11-19H2,1H3,(H,31,32);2-5H2,1H3,(H,7,9). The summed E-state index contributed by atoms with van der Waals surface area (Å²) in [6.07, 6.45) is 5.40. The van der Waals surface area contributed by atoms with E-state index in [4.69, 9.17) is 9.47 Å². The lowest BCUT2D eigenvalue weighted by Gasteiger charge is -2.37. The first kappa shape index (κ1) is 44.2. The van der Waals surface area contributed by atoms with Crippen molar-refractivity contribution in [3.8, 4) is 0 Å². The maximum atomic E-state index is 13.6. The Labute approximate surface area is 296 Å². The molecule has 3 N–H and O–H groups in total. The zero-order valence-electron chi connectivity index (χ0n) is 29.2. The van der Waals surface area contributed by atoms with Crippen LogP contribution in [-0.4, -0.2) is 115 Å². The van der Waals surface area contributed by atoms with Crippen molar-refractivity contribution in [2.45, 2.75) is 89.3 Å². The summed E-state index contributed by atoms with van der Waals surface area (Å²) in [6, 6.07) is 7.18. The number of hydrogen-bond donors (Lipinski definition) is 3. The lowest BCUT2D eigenvalue weighted by atomic mass is 9.98. The van der Waals surface area contributed by atoms with Gasteiger partial charge in [0.05, 0.1) is 32.5 Å². The number of carboxylic acid groups (broad SMARTS) is 1. The van der Waals surface area contributed by atoms with Gasteiger partial charge in [0.25, 0.3) is 10.2 Å². The number of alkyl carbamates (subject to hydrolysis) is 1. The fourth-order valence-electron chi connectivity index (χ4n) is 4.95. The van der Waals surface area contributed by atoms with Crippen molar-refractivity contribution < 1.29 is 58.3 Å². The minimum atomic E-state index is -1.02. The molecule has 0 spiro atoms. The number of amides is 2. The highest BCUT2D eigenvalue weighted by Crippen LogP contribution is 2.21. The van der Waals surface area contributed by atoms with Crippen LogP contribution in [0.3, 0.4) is 0 Å². The van der Waals surface area contributed by atoms with Crippen LogP contribution in [0, 0.1) is 20.2 Å². The number of carboxylic acids is 1. The van der Waals surface area contributed by atoms with Gasteiger partial charge in [-0.2, -0.15) is 0 Å². The van der Waals surface area contributed by atoms with Gasteiger partial charge in [-0.3, -0.25) is 14.9 Å². The van der Waals surface area contributed by atoms with E-state index in [0.717, 1.165) is 31.2 Å². The smallest absolute Gasteiger partial charge is 0.406 e. The Morgan fingerprint density at radius 1 is 0.882 bits per heavy atom. The molecule has 19 nitrogen and oxygen atoms in total. The molecule has 0 bridgehead atoms. The van der Waals surface area contributed by atoms with Crippen molar-refractivity contribution in [2.75, 3.05) is 53.2 Å². The lowest BCUT2D eigenvalue weighted by molar-refractivity contribution is -0.758. The Hall–Kier alpha value is -4.78. The Bertz CT molecular complexity index is 1190. The molecule has 0 saturated carbocycles. The highest BCUT2D eigenvalue weighted by molar-refractivity contribution is 5.88. The molecule has 1 aliphatic heterocycles. The molecule has 1 heterocycles. The SMILES string of the molecule is CCCCC(NC(CCc1ccccc1)C(=O)O)C(=O)N1CCCCC1C(=O)OCCOCCO[N+](=O)[O-].CNC(=O)OCCCCO[N+](=O)[O-]. The van der Waals surface area contributed by atoms with E-state index in [1.165, 1.54) is 11.9 Å². The van der Waals surface area contributed by atoms with E-state index >= 15 is 0 Å². The molecular formula is C32H51N5O14. The van der Waals surface area contributed by atoms with Gasteiger partial charge < -0.3 is 39.2 Å². The molecular weight excluding hydrogens is 678 g/mol. The van der Waals surface area contributed by atoms with Crippen molar-refractivity contribution in [1.29, 1.82) is 0 Å². The number of esters is 1. The maximum absolute atomic E-state index is 13.6. The molecule has 51 heavy (non-hydrogen) atoms. The number of likely N-dealkylation sites (tertiary alicyclic amines) is 1. The van der Waals surface area contributed by atoms with Crippen LogP contribution in [0.15, 0.2) is 30.3 Å². The van der Waals surface area contributed by atoms with E-state index < -0.39 is 46.3 Å². The second kappa shape index (κ2) is 27.0. The molecule has 1 fully saturated rings. The zero-order chi connectivity index (χ0) is 37.9. The number of aliphatic carboxylic acids is 1. The molecule has 0 aromatic heterocycles. The van der Waals surface area contributed by atoms with Gasteiger partial charge >= 0.3 is 18.0 Å². The third-order valence-corrected chi connectivity index (χ3v) is 7.54. The van der Waals surface area contributed by atoms with Crippen molar-refractivity contribution >= 4 is 23.9 Å². The number of rotatable bonds is 24. The van der Waals surface area contributed by atoms with Crippen LogP contribution in [0.25, 0.3) is 0 Å². The third kappa shape index (κ3) is 20.5. The largest absolute Gasteiger partial charge is 0.480 e. The first-order chi connectivity index (χ1) is 24.5. The number of hydrogen-bond acceptors (Lipinski definition) is 14. The Morgan fingerprint density at radius 3 is 2.20 bits per heavy atom. The van der Waals surface area contributed by atoms with E-state index in [2.05, 4.69) is 25.0 Å². The third-order valence-electron chi connectivity index (χ3n) is 7.54. The van der Waals surface area contributed by atoms with Crippen LogP contribution in [0.2, 0.25) is 0 Å². The summed E-state index contributed by atoms with van der Waals surface area (Å²) < 4.78 is 15.1. The summed E-state index contributed by atoms with van der Waals surface area (Å²) in [5.74, 6) is -1.86. The van der Waals surface area contributed by atoms with Crippen LogP contribution >= 0.6 is 0 Å². The first-order valence-corrected chi connectivity index (χ1v) is 17.0. The highest BCUT2D eigenvalue weighted by atomic mass is 17.0. The number of aryl methyl sites for hydroxylation is 1. The highest BCUT2D eigenvalue weighted by Gasteiger charge is 2.37. The van der Waals surface area contributed by atoms with Gasteiger partial charge in [-0.1, -0.05) is 50.1 Å². The molecule has 1 aromatic rings. The van der Waals surface area contributed by atoms with Gasteiger partial charge in [0, 0.05) is 13.6 Å². The summed E-state index contributed by atoms with van der Waals surface area (Å²) in [5.41, 5.74) is 1.02. The lowest BCUT2D eigenvalue weighted by Crippen LogP contribution is -2.57. The number of benzene rings is 1. The normalized spacial score (nSPS) is 14.9. The van der Waals surface area contributed by atoms with E-state index in [9.17, 15) is 44.5 Å². The fourth-order valence-corrected chi connectivity index (χ4v) is 4.95. The van der Waals surface area contributed by atoms with Crippen LogP contribution in [0.4, 0.5) is 4.79 Å². The number of piperidine rings is 1. The molecule has 19 heteroatoms. The number of carbonyl (C=O) groups is 4. The molecule has 2 amide bonds. The Kier molecular flexibility index (Phi) is 23.4. The molecule has 0 radical (unpaired) electrons. The van der Waals surface area contributed by atoms with Crippen molar-refractivity contribution in [1.82, 2.24) is 15.5 Å². The fraction of sp³-hybridized carbons (Fsp3) is 0.688. The number of nitrogens with zero attached hydrogens (tertiary/aromatic N) is 3. The van der Waals surface area contributed by atoms with Gasteiger partial charge in [0.15, 0.2) is 0 Å². The Balaban J connectivity index is 0.000000846. The predicted octanol–water partition coefficient (Wildman–Crippen LogP) is 2.70. The molecule has 1 aromatic carbocycles. The minimum absolute atomic E-state index is 0.0215. The second-order valence-corrected chi connectivity index (χ2v) is 11.3. The molecule has 3 unspecified atom stereocenters. The predicted molar refractivity (Wildman–Crippen MR) is 179 cm³/mol. The van der Waals surface area contributed by atoms with Crippen LogP contribution < -0.4 is 10.6 Å². The van der Waals surface area contributed by atoms with Gasteiger partial charge in [-0.25, -0.2) is 9.59 Å². The van der Waals surface area contributed by atoms with Crippen molar-refractivity contribution in [3.05, 3.63) is 56.1 Å². The number of unbranched alkanes of at least 4 members (excludes halogenated alkanes) is 2. The molecule has 2 rings (SSSR count). The number of ether oxygens (including phenoxy) is 3.